The largest absolute Gasteiger partial charge is 0.480 e. The molecule has 0 aliphatic heterocycles. The van der Waals surface area contributed by atoms with Gasteiger partial charge in [0.1, 0.15) is 0 Å². The molecule has 10 heavy (non-hydrogen) atoms. The number of aliphatic carboxylic acids is 2. The van der Waals surface area contributed by atoms with Crippen molar-refractivity contribution in [3.63, 3.8) is 0 Å². The van der Waals surface area contributed by atoms with Crippen molar-refractivity contribution in [3.8, 4) is 0 Å². The van der Waals surface area contributed by atoms with Crippen LogP contribution in [0.1, 0.15) is 0 Å². The molecule has 58 valence electrons. The summed E-state index contributed by atoms with van der Waals surface area (Å²) in [5, 5.41) is 13.1. The van der Waals surface area contributed by atoms with Crippen molar-refractivity contribution in [1.82, 2.24) is 0 Å². The van der Waals surface area contributed by atoms with E-state index in [-0.39, 0.29) is 0 Å². The number of carbonyl (C=O) groups is 2. The predicted octanol–water partition coefficient (Wildman–Crippen LogP) is 0.370. The molecule has 0 amide bonds. The van der Waals surface area contributed by atoms with Gasteiger partial charge in [-0.15, -0.1) is 23.2 Å². The molecule has 6 heteroatoms. The van der Waals surface area contributed by atoms with Gasteiger partial charge in [-0.2, -0.15) is 0 Å². The van der Waals surface area contributed by atoms with Crippen molar-refractivity contribution < 1.29 is 19.8 Å². The lowest BCUT2D eigenvalue weighted by Gasteiger charge is -2.05. The van der Waals surface area contributed by atoms with Gasteiger partial charge in [0.25, 0.3) is 0 Å². The highest BCUT2D eigenvalue weighted by molar-refractivity contribution is 6.41. The lowest BCUT2D eigenvalue weighted by molar-refractivity contribution is -0.142. The number of hydrogen-bond donors (Lipinski definition) is 2. The predicted molar refractivity (Wildman–Crippen MR) is 34.6 cm³/mol. The minimum Gasteiger partial charge on any atom is -0.480 e. The fourth-order valence-corrected chi connectivity index (χ4v) is 0.466. The highest BCUT2D eigenvalue weighted by Gasteiger charge is 2.29. The third-order valence-electron chi connectivity index (χ3n) is 0.729. The Morgan fingerprint density at radius 1 is 1.00 bits per heavy atom. The minimum absolute atomic E-state index is 1.44. The van der Waals surface area contributed by atoms with E-state index in [9.17, 15) is 9.59 Å². The highest BCUT2D eigenvalue weighted by Crippen LogP contribution is 2.09. The second-order valence-electron chi connectivity index (χ2n) is 1.48. The van der Waals surface area contributed by atoms with E-state index in [4.69, 9.17) is 33.4 Å². The average Bonchev–Trinajstić information content (AvgIpc) is 1.84. The second kappa shape index (κ2) is 3.63. The van der Waals surface area contributed by atoms with E-state index in [2.05, 4.69) is 0 Å². The van der Waals surface area contributed by atoms with Gasteiger partial charge in [-0.3, -0.25) is 9.59 Å². The van der Waals surface area contributed by atoms with Gasteiger partial charge in [0.05, 0.1) is 0 Å². The van der Waals surface area contributed by atoms with E-state index >= 15 is 0 Å². The number of rotatable bonds is 3. The van der Waals surface area contributed by atoms with Crippen LogP contribution in [0.25, 0.3) is 0 Å². The monoisotopic (exact) mass is 186 g/mol. The molecule has 0 radical (unpaired) electrons. The zero-order chi connectivity index (χ0) is 8.31. The number of carboxylic acid groups (broad SMARTS) is 2. The topological polar surface area (TPSA) is 74.6 Å². The molecule has 0 rings (SSSR count). The molecule has 0 aliphatic rings. The first-order chi connectivity index (χ1) is 4.46. The van der Waals surface area contributed by atoms with Crippen molar-refractivity contribution >= 4 is 35.1 Å². The zero-order valence-corrected chi connectivity index (χ0v) is 6.13. The first kappa shape index (κ1) is 9.52. The number of halogens is 2. The van der Waals surface area contributed by atoms with Crippen LogP contribution in [0.2, 0.25) is 0 Å². The summed E-state index contributed by atoms with van der Waals surface area (Å²) in [6, 6.07) is 0. The molecule has 0 aliphatic carbocycles. The van der Waals surface area contributed by atoms with Gasteiger partial charge in [-0.05, 0) is 0 Å². The van der Waals surface area contributed by atoms with E-state index in [0.29, 0.717) is 0 Å². The Balaban J connectivity index is 4.07. The summed E-state index contributed by atoms with van der Waals surface area (Å²) in [4.78, 5) is 19.9. The molecular weight excluding hydrogens is 183 g/mol. The van der Waals surface area contributed by atoms with Crippen molar-refractivity contribution in [2.45, 2.75) is 10.8 Å². The molecule has 0 bridgehead atoms. The molecule has 0 saturated carbocycles. The molecule has 2 N–H and O–H groups in total. The second-order valence-corrected chi connectivity index (χ2v) is 2.42. The fraction of sp³-hybridized carbons (Fsp3) is 0.500. The van der Waals surface area contributed by atoms with Crippen LogP contribution in [0.4, 0.5) is 0 Å². The Morgan fingerprint density at radius 2 is 1.20 bits per heavy atom. The number of alkyl halides is 2. The zero-order valence-electron chi connectivity index (χ0n) is 4.62. The summed E-state index contributed by atoms with van der Waals surface area (Å²) in [7, 11) is 0. The third kappa shape index (κ3) is 2.41. The lowest BCUT2D eigenvalue weighted by Crippen LogP contribution is -2.31. The van der Waals surface area contributed by atoms with Crippen molar-refractivity contribution in [3.05, 3.63) is 0 Å². The van der Waals surface area contributed by atoms with Crippen LogP contribution < -0.4 is 0 Å². The smallest absolute Gasteiger partial charge is 0.323 e. The maximum absolute atomic E-state index is 9.97. The fourth-order valence-electron chi connectivity index (χ4n) is 0.250. The third-order valence-corrected chi connectivity index (χ3v) is 1.74. The maximum Gasteiger partial charge on any atom is 0.323 e. The first-order valence-electron chi connectivity index (χ1n) is 2.20. The van der Waals surface area contributed by atoms with Crippen LogP contribution in [0.15, 0.2) is 0 Å². The van der Waals surface area contributed by atoms with Gasteiger partial charge < -0.3 is 10.2 Å². The van der Waals surface area contributed by atoms with Gasteiger partial charge >= 0.3 is 11.9 Å². The highest BCUT2D eigenvalue weighted by atomic mass is 35.5. The summed E-state index contributed by atoms with van der Waals surface area (Å²) in [6.45, 7) is 0. The van der Waals surface area contributed by atoms with Gasteiger partial charge in [0.2, 0.25) is 0 Å². The Kier molecular flexibility index (Phi) is 3.46. The SMILES string of the molecule is O=C(O)[C@@H](Cl)[C@@H](Cl)C(=O)O. The van der Waals surface area contributed by atoms with Crippen molar-refractivity contribution in [2.75, 3.05) is 0 Å². The van der Waals surface area contributed by atoms with Crippen LogP contribution in [-0.4, -0.2) is 32.9 Å². The molecule has 0 aromatic carbocycles. The standard InChI is InChI=1S/C4H4Cl2O4/c5-1(3(7)8)2(6)4(9)10/h1-2H,(H,7,8)(H,9,10)/t1-,2+. The van der Waals surface area contributed by atoms with E-state index in [0.717, 1.165) is 0 Å². The van der Waals surface area contributed by atoms with Crippen molar-refractivity contribution in [2.24, 2.45) is 0 Å². The summed E-state index contributed by atoms with van der Waals surface area (Å²) in [6.07, 6.45) is 0. The van der Waals surface area contributed by atoms with Gasteiger partial charge in [-0.1, -0.05) is 0 Å². The lowest BCUT2D eigenvalue weighted by atomic mass is 10.3. The minimum atomic E-state index is -1.58. The quantitative estimate of drug-likeness (QED) is 0.625. The van der Waals surface area contributed by atoms with Gasteiger partial charge in [0.15, 0.2) is 10.8 Å². The van der Waals surface area contributed by atoms with E-state index in [1.807, 2.05) is 0 Å². The van der Waals surface area contributed by atoms with Crippen LogP contribution >= 0.6 is 23.2 Å². The molecule has 4 nitrogen and oxygen atoms in total. The van der Waals surface area contributed by atoms with E-state index in [1.165, 1.54) is 0 Å². The Morgan fingerprint density at radius 3 is 1.30 bits per heavy atom. The molecule has 0 aromatic rings. The van der Waals surface area contributed by atoms with Crippen LogP contribution in [0.5, 0.6) is 0 Å². The molecule has 0 saturated heterocycles. The average molecular weight is 187 g/mol. The molecule has 0 fully saturated rings. The Labute approximate surface area is 66.4 Å². The summed E-state index contributed by atoms with van der Waals surface area (Å²) in [5.41, 5.74) is 0. The normalized spacial score (nSPS) is 15.8. The number of hydrogen-bond acceptors (Lipinski definition) is 2. The Bertz CT molecular complexity index is 139. The molecule has 0 aromatic heterocycles. The Hall–Kier alpha value is -0.480. The molecule has 2 atom stereocenters. The summed E-state index contributed by atoms with van der Waals surface area (Å²) in [5.74, 6) is -2.88. The summed E-state index contributed by atoms with van der Waals surface area (Å²) < 4.78 is 0. The molecular formula is C4H4Cl2O4. The first-order valence-corrected chi connectivity index (χ1v) is 3.08. The van der Waals surface area contributed by atoms with Crippen molar-refractivity contribution in [1.29, 1.82) is 0 Å². The molecule has 0 heterocycles. The molecule has 0 unspecified atom stereocenters. The van der Waals surface area contributed by atoms with Gasteiger partial charge in [-0.25, -0.2) is 0 Å². The van der Waals surface area contributed by atoms with Crippen LogP contribution in [-0.2, 0) is 9.59 Å². The molecule has 0 spiro atoms. The van der Waals surface area contributed by atoms with E-state index < -0.39 is 22.7 Å². The maximum atomic E-state index is 9.97. The van der Waals surface area contributed by atoms with Crippen LogP contribution in [0.3, 0.4) is 0 Å². The number of carboxylic acids is 2. The van der Waals surface area contributed by atoms with E-state index in [1.54, 1.807) is 0 Å². The van der Waals surface area contributed by atoms with Crippen LogP contribution in [0, 0.1) is 0 Å². The summed E-state index contributed by atoms with van der Waals surface area (Å²) >= 11 is 10.1. The van der Waals surface area contributed by atoms with Gasteiger partial charge in [0, 0.05) is 0 Å².